The third kappa shape index (κ3) is 8.92. The molecule has 47 heavy (non-hydrogen) atoms. The normalized spacial score (nSPS) is 13.2. The molecule has 12 nitrogen and oxygen atoms in total. The summed E-state index contributed by atoms with van der Waals surface area (Å²) in [5, 5.41) is 23.9. The van der Waals surface area contributed by atoms with E-state index in [0.29, 0.717) is 29.6 Å². The first-order valence-electron chi connectivity index (χ1n) is 15.1. The number of nitrogens with one attached hydrogen (secondary N) is 1. The molecule has 0 amide bonds. The zero-order valence-electron chi connectivity index (χ0n) is 25.9. The van der Waals surface area contributed by atoms with Crippen LogP contribution in [0.3, 0.4) is 0 Å². The molecule has 15 heteroatoms. The van der Waals surface area contributed by atoms with Gasteiger partial charge in [-0.2, -0.15) is 14.5 Å². The van der Waals surface area contributed by atoms with E-state index >= 15 is 0 Å². The lowest BCUT2D eigenvalue weighted by Crippen LogP contribution is -2.34. The monoisotopic (exact) mass is 771 g/mol. The van der Waals surface area contributed by atoms with Gasteiger partial charge >= 0.3 is 19.2 Å². The number of halogens is 2. The number of ketones is 2. The van der Waals surface area contributed by atoms with Crippen LogP contribution in [0.25, 0.3) is 5.69 Å². The third-order valence-electron chi connectivity index (χ3n) is 7.23. The van der Waals surface area contributed by atoms with Gasteiger partial charge in [0, 0.05) is 33.9 Å². The van der Waals surface area contributed by atoms with Crippen molar-refractivity contribution in [2.24, 2.45) is 0 Å². The number of carbonyl (C=O) groups excluding carboxylic acids is 4. The fourth-order valence-corrected chi connectivity index (χ4v) is 5.97. The van der Waals surface area contributed by atoms with Crippen molar-refractivity contribution in [1.29, 1.82) is 0 Å². The van der Waals surface area contributed by atoms with Crippen LogP contribution in [0.1, 0.15) is 82.3 Å². The Hall–Kier alpha value is -3.92. The van der Waals surface area contributed by atoms with Gasteiger partial charge in [0.15, 0.2) is 17.2 Å². The van der Waals surface area contributed by atoms with Crippen molar-refractivity contribution in [3.63, 3.8) is 0 Å². The summed E-state index contributed by atoms with van der Waals surface area (Å²) in [6.07, 6.45) is 5.24. The van der Waals surface area contributed by atoms with E-state index < -0.39 is 19.2 Å². The summed E-state index contributed by atoms with van der Waals surface area (Å²) in [6, 6.07) is 14.6. The predicted octanol–water partition coefficient (Wildman–Crippen LogP) is 4.29. The minimum atomic E-state index is -1.38. The van der Waals surface area contributed by atoms with Crippen LogP contribution in [0.5, 0.6) is 0 Å². The Bertz CT molecular complexity index is 1770. The third-order valence-corrected chi connectivity index (χ3v) is 8.22. The van der Waals surface area contributed by atoms with Crippen molar-refractivity contribution >= 4 is 68.1 Å². The molecule has 246 valence electrons. The van der Waals surface area contributed by atoms with E-state index in [-0.39, 0.29) is 30.5 Å². The molecule has 6 rings (SSSR count). The maximum Gasteiger partial charge on any atom is 0.512 e. The highest BCUT2D eigenvalue weighted by Crippen LogP contribution is 2.23. The van der Waals surface area contributed by atoms with Gasteiger partial charge in [-0.05, 0) is 68.9 Å². The van der Waals surface area contributed by atoms with E-state index in [1.54, 1.807) is 38.4 Å². The van der Waals surface area contributed by atoms with E-state index in [1.807, 2.05) is 34.9 Å². The highest BCUT2D eigenvalue weighted by molar-refractivity contribution is 9.10. The number of aryl methyl sites for hydroxylation is 1. The SMILES string of the molecule is CCOC(=O)c1n[nH]c2c1C(=O)CCC2.CCOC(=O)n1c[n+](-c2cccc(Br)c2)c2c1C(=O)CCC2.OB(O)c1cccc(Br)c1. The van der Waals surface area contributed by atoms with Crippen LogP contribution in [-0.2, 0) is 22.3 Å². The number of carbonyl (C=O) groups is 4. The van der Waals surface area contributed by atoms with Crippen LogP contribution < -0.4 is 10.0 Å². The molecule has 2 aliphatic rings. The predicted molar refractivity (Wildman–Crippen MR) is 179 cm³/mol. The number of benzene rings is 2. The number of rotatable bonds is 5. The van der Waals surface area contributed by atoms with Gasteiger partial charge in [0.25, 0.3) is 6.33 Å². The van der Waals surface area contributed by atoms with Crippen molar-refractivity contribution in [3.8, 4) is 5.69 Å². The van der Waals surface area contributed by atoms with Crippen LogP contribution in [0.2, 0.25) is 0 Å². The van der Waals surface area contributed by atoms with Crippen molar-refractivity contribution in [3.05, 3.63) is 92.1 Å². The second kappa shape index (κ2) is 16.8. The quantitative estimate of drug-likeness (QED) is 0.153. The molecule has 0 fully saturated rings. The second-order valence-corrected chi connectivity index (χ2v) is 12.3. The summed E-state index contributed by atoms with van der Waals surface area (Å²) in [5.74, 6) is -0.554. The van der Waals surface area contributed by atoms with Gasteiger partial charge in [-0.25, -0.2) is 4.79 Å². The molecule has 4 aromatic rings. The summed E-state index contributed by atoms with van der Waals surface area (Å²) in [6.45, 7) is 4.03. The number of H-pyrrole nitrogens is 1. The molecule has 0 spiro atoms. The zero-order chi connectivity index (χ0) is 34.1. The minimum Gasteiger partial charge on any atom is -0.461 e. The first-order chi connectivity index (χ1) is 22.5. The lowest BCUT2D eigenvalue weighted by atomic mass is 9.81. The molecule has 0 unspecified atom stereocenters. The van der Waals surface area contributed by atoms with Crippen molar-refractivity contribution in [2.75, 3.05) is 13.2 Å². The molecule has 0 saturated heterocycles. The maximum absolute atomic E-state index is 12.3. The Morgan fingerprint density at radius 3 is 2.23 bits per heavy atom. The Balaban J connectivity index is 0.000000173. The van der Waals surface area contributed by atoms with E-state index in [9.17, 15) is 19.2 Å². The molecule has 0 atom stereocenters. The number of ether oxygens (including phenoxy) is 2. The van der Waals surface area contributed by atoms with Gasteiger partial charge in [-0.3, -0.25) is 14.7 Å². The van der Waals surface area contributed by atoms with Gasteiger partial charge in [0.2, 0.25) is 11.5 Å². The number of aromatic amines is 1. The number of nitrogens with zero attached hydrogens (tertiary/aromatic N) is 3. The van der Waals surface area contributed by atoms with Gasteiger partial charge in [-0.1, -0.05) is 50.1 Å². The average Bonchev–Trinajstić information content (AvgIpc) is 3.66. The Kier molecular flexibility index (Phi) is 12.8. The van der Waals surface area contributed by atoms with Gasteiger partial charge in [0.05, 0.1) is 18.8 Å². The molecular weight excluding hydrogens is 739 g/mol. The van der Waals surface area contributed by atoms with Gasteiger partial charge < -0.3 is 19.5 Å². The Labute approximate surface area is 288 Å². The Morgan fingerprint density at radius 2 is 1.60 bits per heavy atom. The standard InChI is InChI=1S/C16H16BrN2O3.C10H12N2O3.C6H6BBrO2/c1-2-22-16(21)19-10-18(12-6-3-5-11(17)9-12)13-7-4-8-14(20)15(13)19;1-2-15-10(14)9-8-6(11-12-9)4-3-5-7(8)13;8-6-3-1-2-5(4-6)7(9)10/h3,5-6,9-10H,2,4,7-8H2,1H3;2-5H2,1H3,(H,11,12);1-4,9-10H/q+1;;. The summed E-state index contributed by atoms with van der Waals surface area (Å²) in [4.78, 5) is 47.5. The van der Waals surface area contributed by atoms with Crippen molar-refractivity contribution in [2.45, 2.75) is 52.4 Å². The number of hydrogen-bond donors (Lipinski definition) is 3. The number of Topliss-reactive ketones (excluding diaryl/α,β-unsaturated/α-hetero) is 2. The fraction of sp³-hybridized carbons (Fsp3) is 0.312. The second-order valence-electron chi connectivity index (χ2n) is 10.5. The van der Waals surface area contributed by atoms with Crippen molar-refractivity contribution < 1.29 is 43.3 Å². The largest absolute Gasteiger partial charge is 0.512 e. The molecule has 2 aromatic carbocycles. The summed E-state index contributed by atoms with van der Waals surface area (Å²) in [7, 11) is -1.38. The maximum atomic E-state index is 12.3. The Morgan fingerprint density at radius 1 is 0.936 bits per heavy atom. The highest BCUT2D eigenvalue weighted by Gasteiger charge is 2.36. The molecule has 2 aliphatic carbocycles. The number of hydrogen-bond acceptors (Lipinski definition) is 9. The van der Waals surface area contributed by atoms with Gasteiger partial charge in [0.1, 0.15) is 5.69 Å². The molecule has 2 aromatic heterocycles. The summed E-state index contributed by atoms with van der Waals surface area (Å²) < 4.78 is 14.9. The molecule has 0 radical (unpaired) electrons. The summed E-state index contributed by atoms with van der Waals surface area (Å²) in [5.41, 5.74) is 4.04. The van der Waals surface area contributed by atoms with Crippen molar-refractivity contribution in [1.82, 2.24) is 14.8 Å². The van der Waals surface area contributed by atoms with Gasteiger partial charge in [-0.15, -0.1) is 4.57 Å². The minimum absolute atomic E-state index is 0.0111. The van der Waals surface area contributed by atoms with E-state index in [1.165, 1.54) is 4.57 Å². The molecule has 0 saturated carbocycles. The molecular formula is C32H34BBr2N4O8+. The zero-order valence-corrected chi connectivity index (χ0v) is 29.0. The van der Waals surface area contributed by atoms with Crippen LogP contribution in [0, 0.1) is 0 Å². The number of imidazole rings is 1. The first kappa shape index (κ1) is 35.9. The van der Waals surface area contributed by atoms with E-state index in [2.05, 4.69) is 42.1 Å². The first-order valence-corrected chi connectivity index (χ1v) is 16.7. The lowest BCUT2D eigenvalue weighted by molar-refractivity contribution is -0.603. The number of fused-ring (bicyclic) bond motifs is 2. The highest BCUT2D eigenvalue weighted by atomic mass is 79.9. The van der Waals surface area contributed by atoms with E-state index in [0.717, 1.165) is 51.7 Å². The van der Waals surface area contributed by atoms with E-state index in [4.69, 9.17) is 19.5 Å². The molecule has 3 N–H and O–H groups in total. The summed E-state index contributed by atoms with van der Waals surface area (Å²) >= 11 is 6.66. The average molecular weight is 773 g/mol. The van der Waals surface area contributed by atoms with Crippen LogP contribution in [0.4, 0.5) is 4.79 Å². The lowest BCUT2D eigenvalue weighted by Gasteiger charge is -2.09. The topological polar surface area (TPSA) is 165 Å². The number of esters is 1. The van der Waals surface area contributed by atoms with Crippen LogP contribution >= 0.6 is 31.9 Å². The molecule has 0 bridgehead atoms. The van der Waals surface area contributed by atoms with Crippen LogP contribution in [-0.4, -0.2) is 68.8 Å². The number of aromatic nitrogens is 4. The molecule has 2 heterocycles. The smallest absolute Gasteiger partial charge is 0.461 e. The fourth-order valence-electron chi connectivity index (χ4n) is 5.17. The molecule has 0 aliphatic heterocycles. The van der Waals surface area contributed by atoms with Crippen LogP contribution in [0.15, 0.2) is 63.8 Å².